The van der Waals surface area contributed by atoms with Crippen LogP contribution >= 0.6 is 0 Å². The molecule has 0 radical (unpaired) electrons. The molecule has 0 aliphatic rings. The number of alkyl halides is 3. The van der Waals surface area contributed by atoms with Crippen molar-refractivity contribution in [3.8, 4) is 28.0 Å². The predicted octanol–water partition coefficient (Wildman–Crippen LogP) is 6.97. The second-order valence-electron chi connectivity index (χ2n) is 11.1. The fourth-order valence-corrected chi connectivity index (χ4v) is 5.29. The van der Waals surface area contributed by atoms with Crippen molar-refractivity contribution in [3.63, 3.8) is 0 Å². The van der Waals surface area contributed by atoms with Gasteiger partial charge in [0, 0.05) is 35.8 Å². The minimum absolute atomic E-state index is 0.136. The van der Waals surface area contributed by atoms with Crippen molar-refractivity contribution >= 4 is 18.0 Å². The van der Waals surface area contributed by atoms with Crippen LogP contribution < -0.4 is 10.1 Å². The molecule has 8 nitrogen and oxygen atoms in total. The first kappa shape index (κ1) is 34.9. The van der Waals surface area contributed by atoms with E-state index in [2.05, 4.69) is 10.1 Å². The second-order valence-corrected chi connectivity index (χ2v) is 11.1. The van der Waals surface area contributed by atoms with Crippen LogP contribution in [0.3, 0.4) is 0 Å². The van der Waals surface area contributed by atoms with Crippen molar-refractivity contribution in [2.45, 2.75) is 57.8 Å². The molecular weight excluding hydrogens is 620 g/mol. The lowest BCUT2D eigenvalue weighted by molar-refractivity contribution is -0.274. The second kappa shape index (κ2) is 15.1. The van der Waals surface area contributed by atoms with Gasteiger partial charge in [-0.25, -0.2) is 4.39 Å². The Kier molecular flexibility index (Phi) is 11.2. The van der Waals surface area contributed by atoms with E-state index >= 15 is 0 Å². The van der Waals surface area contributed by atoms with Crippen molar-refractivity contribution < 1.29 is 47.2 Å². The lowest BCUT2D eigenvalue weighted by Gasteiger charge is -2.17. The van der Waals surface area contributed by atoms with Crippen LogP contribution in [0.4, 0.5) is 17.6 Å². The van der Waals surface area contributed by atoms with E-state index < -0.39 is 48.4 Å². The molecular formula is C35H34F4N2O6. The van der Waals surface area contributed by atoms with Crippen LogP contribution in [-0.4, -0.2) is 50.3 Å². The molecule has 1 amide bonds. The number of rotatable bonds is 13. The van der Waals surface area contributed by atoms with Gasteiger partial charge in [-0.15, -0.1) is 13.2 Å². The Labute approximate surface area is 268 Å². The Morgan fingerprint density at radius 2 is 1.60 bits per heavy atom. The van der Waals surface area contributed by atoms with Gasteiger partial charge in [0.2, 0.25) is 0 Å². The number of ether oxygens (including phenoxy) is 1. The molecule has 4 rings (SSSR count). The van der Waals surface area contributed by atoms with Crippen LogP contribution in [0.1, 0.15) is 54.5 Å². The number of aliphatic hydroxyl groups is 2. The molecule has 0 saturated heterocycles. The van der Waals surface area contributed by atoms with E-state index in [1.807, 2.05) is 13.8 Å². The van der Waals surface area contributed by atoms with E-state index in [1.165, 1.54) is 30.3 Å². The number of amides is 1. The maximum absolute atomic E-state index is 14.1. The molecule has 0 aliphatic carbocycles. The number of halogens is 4. The zero-order chi connectivity index (χ0) is 34.3. The molecule has 0 fully saturated rings. The maximum atomic E-state index is 14.1. The molecule has 0 bridgehead atoms. The molecule has 248 valence electrons. The van der Waals surface area contributed by atoms with Crippen LogP contribution in [-0.2, 0) is 11.3 Å². The predicted molar refractivity (Wildman–Crippen MR) is 168 cm³/mol. The Morgan fingerprint density at radius 3 is 2.21 bits per heavy atom. The minimum Gasteiger partial charge on any atom is -0.481 e. The first-order valence-electron chi connectivity index (χ1n) is 14.7. The number of hydrogen-bond acceptors (Lipinski definition) is 5. The standard InChI is InChI=1S/C35H34F4N2O6/c1-21(2)41-29(16-15-26(42)18-27(43)19-30(44)45)31(24-11-13-25(36)14-12-24)32(23-8-4-3-5-9-23)33(41)34(46)40-20-22-7-6-10-28(17-22)47-35(37,38)39/h3-17,21,26-27,42-43H,18-20H2,1-2H3,(H,40,46)(H,44,45)/b16-15+. The highest BCUT2D eigenvalue weighted by atomic mass is 19.4. The fraction of sp³-hybridized carbons (Fsp3) is 0.257. The maximum Gasteiger partial charge on any atom is 0.573 e. The summed E-state index contributed by atoms with van der Waals surface area (Å²) in [6.45, 7) is 3.54. The van der Waals surface area contributed by atoms with Crippen molar-refractivity contribution in [2.24, 2.45) is 0 Å². The SMILES string of the molecule is CC(C)n1c(/C=C/C(O)CC(O)CC(=O)O)c(-c2ccc(F)cc2)c(-c2ccccc2)c1C(=O)NCc1cccc(OC(F)(F)F)c1. The molecule has 4 N–H and O–H groups in total. The van der Waals surface area contributed by atoms with Gasteiger partial charge in [0.15, 0.2) is 0 Å². The van der Waals surface area contributed by atoms with Crippen molar-refractivity contribution in [3.05, 3.63) is 108 Å². The van der Waals surface area contributed by atoms with E-state index in [0.29, 0.717) is 33.5 Å². The molecule has 2 unspecified atom stereocenters. The third-order valence-electron chi connectivity index (χ3n) is 7.16. The number of hydrogen-bond donors (Lipinski definition) is 4. The molecule has 1 aromatic heterocycles. The summed E-state index contributed by atoms with van der Waals surface area (Å²) in [7, 11) is 0. The van der Waals surface area contributed by atoms with E-state index in [9.17, 15) is 37.4 Å². The van der Waals surface area contributed by atoms with Gasteiger partial charge in [-0.1, -0.05) is 60.7 Å². The van der Waals surface area contributed by atoms with E-state index in [1.54, 1.807) is 59.2 Å². The molecule has 47 heavy (non-hydrogen) atoms. The third-order valence-corrected chi connectivity index (χ3v) is 7.16. The van der Waals surface area contributed by atoms with Gasteiger partial charge in [0.25, 0.3) is 5.91 Å². The van der Waals surface area contributed by atoms with Crippen molar-refractivity contribution in [1.82, 2.24) is 9.88 Å². The molecule has 1 heterocycles. The lowest BCUT2D eigenvalue weighted by atomic mass is 9.94. The van der Waals surface area contributed by atoms with Gasteiger partial charge >= 0.3 is 12.3 Å². The normalized spacial score (nSPS) is 13.1. The van der Waals surface area contributed by atoms with Crippen molar-refractivity contribution in [2.75, 3.05) is 0 Å². The van der Waals surface area contributed by atoms with Crippen LogP contribution in [0.2, 0.25) is 0 Å². The van der Waals surface area contributed by atoms with Crippen LogP contribution in [0.25, 0.3) is 28.3 Å². The largest absolute Gasteiger partial charge is 0.573 e. The molecule has 2 atom stereocenters. The minimum atomic E-state index is -4.88. The number of carboxylic acids is 1. The molecule has 3 aromatic carbocycles. The molecule has 12 heteroatoms. The summed E-state index contributed by atoms with van der Waals surface area (Å²) in [5.74, 6) is -2.69. The van der Waals surface area contributed by atoms with Gasteiger partial charge in [0.1, 0.15) is 17.3 Å². The van der Waals surface area contributed by atoms with Gasteiger partial charge in [-0.2, -0.15) is 0 Å². The van der Waals surface area contributed by atoms with Gasteiger partial charge in [0.05, 0.1) is 18.6 Å². The summed E-state index contributed by atoms with van der Waals surface area (Å²) in [4.78, 5) is 25.1. The lowest BCUT2D eigenvalue weighted by Crippen LogP contribution is -2.27. The Balaban J connectivity index is 1.86. The van der Waals surface area contributed by atoms with Crippen molar-refractivity contribution in [1.29, 1.82) is 0 Å². The highest BCUT2D eigenvalue weighted by Gasteiger charge is 2.32. The average molecular weight is 655 g/mol. The summed E-state index contributed by atoms with van der Waals surface area (Å²) in [5.41, 5.74) is 3.23. The van der Waals surface area contributed by atoms with E-state index in [0.717, 1.165) is 6.07 Å². The average Bonchev–Trinajstić information content (AvgIpc) is 3.34. The first-order valence-corrected chi connectivity index (χ1v) is 14.7. The number of nitrogens with one attached hydrogen (secondary N) is 1. The molecule has 0 spiro atoms. The van der Waals surface area contributed by atoms with E-state index in [4.69, 9.17) is 5.11 Å². The Hall–Kier alpha value is -4.94. The van der Waals surface area contributed by atoms with Gasteiger partial charge in [-0.05, 0) is 60.9 Å². The highest BCUT2D eigenvalue weighted by molar-refractivity contribution is 6.06. The summed E-state index contributed by atoms with van der Waals surface area (Å²) in [5, 5.41) is 32.5. The number of aromatic nitrogens is 1. The van der Waals surface area contributed by atoms with E-state index in [-0.39, 0.29) is 24.7 Å². The van der Waals surface area contributed by atoms with Gasteiger partial charge < -0.3 is 29.9 Å². The molecule has 4 aromatic rings. The topological polar surface area (TPSA) is 121 Å². The number of nitrogens with zero attached hydrogens (tertiary/aromatic N) is 1. The number of carbonyl (C=O) groups is 2. The number of aliphatic carboxylic acids is 1. The summed E-state index contributed by atoms with van der Waals surface area (Å²) in [6, 6.07) is 19.5. The first-order chi connectivity index (χ1) is 22.2. The Bertz CT molecular complexity index is 1720. The number of carboxylic acid groups (broad SMARTS) is 1. The molecule has 0 aliphatic heterocycles. The third kappa shape index (κ3) is 9.30. The fourth-order valence-electron chi connectivity index (χ4n) is 5.29. The summed E-state index contributed by atoms with van der Waals surface area (Å²) < 4.78 is 58.2. The highest BCUT2D eigenvalue weighted by Crippen LogP contribution is 2.42. The monoisotopic (exact) mass is 654 g/mol. The van der Waals surface area contributed by atoms with Crippen LogP contribution in [0.15, 0.2) is 84.9 Å². The molecule has 0 saturated carbocycles. The van der Waals surface area contributed by atoms with Crippen LogP contribution in [0, 0.1) is 5.82 Å². The smallest absolute Gasteiger partial charge is 0.481 e. The Morgan fingerprint density at radius 1 is 0.936 bits per heavy atom. The summed E-state index contributed by atoms with van der Waals surface area (Å²) in [6.07, 6.45) is -5.29. The van der Waals surface area contributed by atoms with Crippen LogP contribution in [0.5, 0.6) is 5.75 Å². The van der Waals surface area contributed by atoms with Gasteiger partial charge in [-0.3, -0.25) is 9.59 Å². The number of benzene rings is 3. The quantitative estimate of drug-likeness (QED) is 0.116. The number of carbonyl (C=O) groups excluding carboxylic acids is 1. The zero-order valence-electron chi connectivity index (χ0n) is 25.5. The summed E-state index contributed by atoms with van der Waals surface area (Å²) >= 11 is 0. The number of aliphatic hydroxyl groups excluding tert-OH is 2. The zero-order valence-corrected chi connectivity index (χ0v) is 25.5.